The molecule has 0 bridgehead atoms. The molecule has 74 valence electrons. The van der Waals surface area contributed by atoms with Crippen LogP contribution in [0.1, 0.15) is 18.9 Å². The van der Waals surface area contributed by atoms with E-state index in [0.717, 1.165) is 12.5 Å². The largest absolute Gasteiger partial charge is 0.508 e. The van der Waals surface area contributed by atoms with Crippen molar-refractivity contribution in [3.05, 3.63) is 40.0 Å². The summed E-state index contributed by atoms with van der Waals surface area (Å²) < 4.78 is 0. The van der Waals surface area contributed by atoms with Crippen molar-refractivity contribution < 1.29 is 10.0 Å². The molecule has 1 N–H and O–H groups in total. The molecular formula is C10H11NO3. The van der Waals surface area contributed by atoms with Gasteiger partial charge in [-0.15, -0.1) is 0 Å². The molecule has 0 unspecified atom stereocenters. The molecular weight excluding hydrogens is 182 g/mol. The van der Waals surface area contributed by atoms with Crippen LogP contribution in [-0.2, 0) is 0 Å². The van der Waals surface area contributed by atoms with E-state index in [1.165, 1.54) is 12.1 Å². The minimum absolute atomic E-state index is 0.0744. The monoisotopic (exact) mass is 193 g/mol. The van der Waals surface area contributed by atoms with Crippen LogP contribution in [0.25, 0.3) is 6.08 Å². The molecule has 4 heteroatoms. The van der Waals surface area contributed by atoms with Gasteiger partial charge in [-0.25, -0.2) is 0 Å². The second kappa shape index (κ2) is 4.41. The van der Waals surface area contributed by atoms with E-state index in [-0.39, 0.29) is 11.4 Å². The molecule has 1 aromatic carbocycles. The number of nitro benzene ring substituents is 1. The molecule has 0 saturated carbocycles. The lowest BCUT2D eigenvalue weighted by Crippen LogP contribution is -1.90. The minimum Gasteiger partial charge on any atom is -0.508 e. The Morgan fingerprint density at radius 1 is 1.57 bits per heavy atom. The van der Waals surface area contributed by atoms with E-state index in [2.05, 4.69) is 0 Å². The summed E-state index contributed by atoms with van der Waals surface area (Å²) in [5, 5.41) is 19.7. The average Bonchev–Trinajstić information content (AvgIpc) is 2.15. The zero-order valence-electron chi connectivity index (χ0n) is 7.80. The third-order valence-corrected chi connectivity index (χ3v) is 1.74. The Morgan fingerprint density at radius 3 is 2.86 bits per heavy atom. The van der Waals surface area contributed by atoms with Gasteiger partial charge in [-0.3, -0.25) is 10.1 Å². The van der Waals surface area contributed by atoms with Gasteiger partial charge in [-0.1, -0.05) is 19.1 Å². The van der Waals surface area contributed by atoms with Crippen molar-refractivity contribution in [1.82, 2.24) is 0 Å². The van der Waals surface area contributed by atoms with Gasteiger partial charge in [-0.2, -0.15) is 0 Å². The summed E-state index contributed by atoms with van der Waals surface area (Å²) in [4.78, 5) is 10.1. The van der Waals surface area contributed by atoms with E-state index in [0.29, 0.717) is 5.56 Å². The number of nitro groups is 1. The molecule has 0 aliphatic carbocycles. The Labute approximate surface area is 81.6 Å². The van der Waals surface area contributed by atoms with Crippen LogP contribution in [-0.4, -0.2) is 10.0 Å². The quantitative estimate of drug-likeness (QED) is 0.593. The molecule has 0 radical (unpaired) electrons. The Hall–Kier alpha value is -1.84. The molecule has 0 aromatic heterocycles. The maximum absolute atomic E-state index is 10.6. The van der Waals surface area contributed by atoms with E-state index in [4.69, 9.17) is 5.11 Å². The van der Waals surface area contributed by atoms with E-state index < -0.39 is 4.92 Å². The van der Waals surface area contributed by atoms with Crippen molar-refractivity contribution >= 4 is 11.8 Å². The maximum atomic E-state index is 10.6. The molecule has 0 aliphatic rings. The molecule has 0 spiro atoms. The van der Waals surface area contributed by atoms with E-state index in [1.807, 2.05) is 13.0 Å². The fraction of sp³-hybridized carbons (Fsp3) is 0.200. The summed E-state index contributed by atoms with van der Waals surface area (Å²) >= 11 is 0. The Bertz CT molecular complexity index is 372. The van der Waals surface area contributed by atoms with Crippen molar-refractivity contribution in [1.29, 1.82) is 0 Å². The third kappa shape index (κ3) is 2.32. The smallest absolute Gasteiger partial charge is 0.280 e. The number of phenols is 1. The van der Waals surface area contributed by atoms with Gasteiger partial charge in [0.1, 0.15) is 5.75 Å². The Balaban J connectivity index is 3.15. The highest BCUT2D eigenvalue weighted by molar-refractivity contribution is 5.62. The summed E-state index contributed by atoms with van der Waals surface area (Å²) in [6.07, 6.45) is 4.33. The summed E-state index contributed by atoms with van der Waals surface area (Å²) in [6.45, 7) is 1.95. The van der Waals surface area contributed by atoms with Crippen LogP contribution < -0.4 is 0 Å². The summed E-state index contributed by atoms with van der Waals surface area (Å²) in [5.41, 5.74) is 0.435. The second-order valence-electron chi connectivity index (χ2n) is 2.81. The number of rotatable bonds is 3. The highest BCUT2D eigenvalue weighted by Gasteiger charge is 2.11. The first-order valence-electron chi connectivity index (χ1n) is 4.29. The van der Waals surface area contributed by atoms with Crippen LogP contribution in [0.15, 0.2) is 24.3 Å². The Morgan fingerprint density at radius 2 is 2.29 bits per heavy atom. The minimum atomic E-state index is -0.505. The molecule has 0 saturated heterocycles. The molecule has 0 fully saturated rings. The summed E-state index contributed by atoms with van der Waals surface area (Å²) in [7, 11) is 0. The van der Waals surface area contributed by atoms with Crippen LogP contribution >= 0.6 is 0 Å². The molecule has 0 amide bonds. The van der Waals surface area contributed by atoms with Crippen molar-refractivity contribution in [3.8, 4) is 5.75 Å². The fourth-order valence-corrected chi connectivity index (χ4v) is 1.08. The number of aromatic hydroxyl groups is 1. The normalized spacial score (nSPS) is 10.6. The van der Waals surface area contributed by atoms with E-state index in [9.17, 15) is 10.1 Å². The maximum Gasteiger partial charge on any atom is 0.280 e. The highest BCUT2D eigenvalue weighted by Crippen LogP contribution is 2.24. The van der Waals surface area contributed by atoms with Crippen molar-refractivity contribution in [2.75, 3.05) is 0 Å². The van der Waals surface area contributed by atoms with Crippen LogP contribution in [0.4, 0.5) is 5.69 Å². The highest BCUT2D eigenvalue weighted by atomic mass is 16.6. The van der Waals surface area contributed by atoms with Crippen LogP contribution in [0, 0.1) is 10.1 Å². The first kappa shape index (κ1) is 10.2. The van der Waals surface area contributed by atoms with E-state index >= 15 is 0 Å². The number of hydrogen-bond acceptors (Lipinski definition) is 3. The lowest BCUT2D eigenvalue weighted by molar-refractivity contribution is -0.385. The number of phenolic OH excluding ortho intramolecular Hbond substituents is 1. The summed E-state index contributed by atoms with van der Waals surface area (Å²) in [6, 6.07) is 4.11. The number of nitrogens with zero attached hydrogens (tertiary/aromatic N) is 1. The molecule has 1 rings (SSSR count). The predicted octanol–water partition coefficient (Wildman–Crippen LogP) is 2.72. The van der Waals surface area contributed by atoms with Gasteiger partial charge < -0.3 is 5.11 Å². The SMILES string of the molecule is CCC=Cc1ccc(O)cc1[N+](=O)[O-]. The number of hydrogen-bond donors (Lipinski definition) is 1. The van der Waals surface area contributed by atoms with Crippen molar-refractivity contribution in [2.24, 2.45) is 0 Å². The van der Waals surface area contributed by atoms with Gasteiger partial charge in [0, 0.05) is 0 Å². The zero-order valence-corrected chi connectivity index (χ0v) is 7.80. The molecule has 0 aliphatic heterocycles. The number of benzene rings is 1. The lowest BCUT2D eigenvalue weighted by atomic mass is 10.1. The van der Waals surface area contributed by atoms with E-state index in [1.54, 1.807) is 6.08 Å². The molecule has 0 heterocycles. The topological polar surface area (TPSA) is 63.4 Å². The molecule has 0 atom stereocenters. The second-order valence-corrected chi connectivity index (χ2v) is 2.81. The lowest BCUT2D eigenvalue weighted by Gasteiger charge is -1.97. The number of allylic oxidation sites excluding steroid dienone is 1. The van der Waals surface area contributed by atoms with Gasteiger partial charge in [0.15, 0.2) is 0 Å². The van der Waals surface area contributed by atoms with Gasteiger partial charge in [0.2, 0.25) is 0 Å². The standard InChI is InChI=1S/C10H11NO3/c1-2-3-4-8-5-6-9(12)7-10(8)11(13)14/h3-7,12H,2H2,1H3. The molecule has 14 heavy (non-hydrogen) atoms. The predicted molar refractivity (Wildman–Crippen MR) is 54.1 cm³/mol. The first-order valence-corrected chi connectivity index (χ1v) is 4.29. The third-order valence-electron chi connectivity index (χ3n) is 1.74. The first-order chi connectivity index (χ1) is 6.65. The van der Waals surface area contributed by atoms with Gasteiger partial charge >= 0.3 is 0 Å². The van der Waals surface area contributed by atoms with Crippen LogP contribution in [0.3, 0.4) is 0 Å². The average molecular weight is 193 g/mol. The van der Waals surface area contributed by atoms with Crippen molar-refractivity contribution in [3.63, 3.8) is 0 Å². The fourth-order valence-electron chi connectivity index (χ4n) is 1.08. The summed E-state index contributed by atoms with van der Waals surface area (Å²) in [5.74, 6) is -0.0923. The van der Waals surface area contributed by atoms with Crippen molar-refractivity contribution in [2.45, 2.75) is 13.3 Å². The Kier molecular flexibility index (Phi) is 3.23. The van der Waals surface area contributed by atoms with Gasteiger partial charge in [0.05, 0.1) is 16.6 Å². The van der Waals surface area contributed by atoms with Gasteiger partial charge in [-0.05, 0) is 18.6 Å². The van der Waals surface area contributed by atoms with Crippen LogP contribution in [0.5, 0.6) is 5.75 Å². The van der Waals surface area contributed by atoms with Gasteiger partial charge in [0.25, 0.3) is 5.69 Å². The zero-order chi connectivity index (χ0) is 10.6. The molecule has 4 nitrogen and oxygen atoms in total. The van der Waals surface area contributed by atoms with Crippen LogP contribution in [0.2, 0.25) is 0 Å². The molecule has 1 aromatic rings.